The van der Waals surface area contributed by atoms with E-state index in [9.17, 15) is 30.7 Å². The van der Waals surface area contributed by atoms with Gasteiger partial charge in [-0.25, -0.2) is 4.39 Å². The molecule has 0 radical (unpaired) electrons. The third kappa shape index (κ3) is 2.13. The van der Waals surface area contributed by atoms with E-state index < -0.39 is 24.1 Å². The molecule has 78 valence electrons. The number of hydrogen-bond donors (Lipinski definition) is 0. The molecule has 0 aliphatic rings. The van der Waals surface area contributed by atoms with Gasteiger partial charge < -0.3 is 0 Å². The van der Waals surface area contributed by atoms with Crippen LogP contribution in [0.5, 0.6) is 0 Å². The molecule has 0 atom stereocenters. The van der Waals surface area contributed by atoms with Crippen LogP contribution < -0.4 is 0 Å². The first-order chi connectivity index (χ1) is 5.56. The van der Waals surface area contributed by atoms with E-state index in [4.69, 9.17) is 0 Å². The smallest absolute Gasteiger partial charge is 0.219 e. The molecule has 0 N–H and O–H groups in total. The SMILES string of the molecule is CC=CC(F)(C(F)(F)F)C(F)(F)F. The van der Waals surface area contributed by atoms with Crippen molar-refractivity contribution in [1.82, 2.24) is 0 Å². The van der Waals surface area contributed by atoms with E-state index in [-0.39, 0.29) is 0 Å². The molecule has 0 unspecified atom stereocenters. The molecule has 0 aromatic rings. The van der Waals surface area contributed by atoms with E-state index >= 15 is 0 Å². The number of halogens is 7. The fourth-order valence-electron chi connectivity index (χ4n) is 0.579. The normalized spacial score (nSPS) is 15.4. The molecular formula is C6H5F7. The molecule has 0 heterocycles. The van der Waals surface area contributed by atoms with Gasteiger partial charge in [-0.15, -0.1) is 0 Å². The van der Waals surface area contributed by atoms with Crippen LogP contribution in [0.4, 0.5) is 30.7 Å². The molecule has 13 heavy (non-hydrogen) atoms. The van der Waals surface area contributed by atoms with Gasteiger partial charge in [-0.3, -0.25) is 0 Å². The van der Waals surface area contributed by atoms with Crippen molar-refractivity contribution < 1.29 is 30.7 Å². The molecule has 0 saturated heterocycles. The average Bonchev–Trinajstić information content (AvgIpc) is 1.82. The minimum atomic E-state index is -5.99. The first-order valence-electron chi connectivity index (χ1n) is 3.02. The van der Waals surface area contributed by atoms with E-state index in [0.717, 1.165) is 6.92 Å². The largest absolute Gasteiger partial charge is 0.435 e. The van der Waals surface area contributed by atoms with E-state index in [0.29, 0.717) is 6.08 Å². The van der Waals surface area contributed by atoms with Crippen molar-refractivity contribution in [1.29, 1.82) is 0 Å². The maximum atomic E-state index is 12.5. The molecule has 0 spiro atoms. The van der Waals surface area contributed by atoms with Crippen molar-refractivity contribution in [3.63, 3.8) is 0 Å². The highest BCUT2D eigenvalue weighted by Crippen LogP contribution is 2.46. The highest BCUT2D eigenvalue weighted by atomic mass is 19.4. The molecular weight excluding hydrogens is 205 g/mol. The summed E-state index contributed by atoms with van der Waals surface area (Å²) in [6, 6.07) is 0. The second-order valence-electron chi connectivity index (χ2n) is 2.21. The van der Waals surface area contributed by atoms with Gasteiger partial charge in [0.2, 0.25) is 0 Å². The van der Waals surface area contributed by atoms with Gasteiger partial charge in [-0.1, -0.05) is 6.08 Å². The van der Waals surface area contributed by atoms with Crippen molar-refractivity contribution in [2.45, 2.75) is 24.9 Å². The number of allylic oxidation sites excluding steroid dienone is 2. The van der Waals surface area contributed by atoms with Gasteiger partial charge in [0.25, 0.3) is 0 Å². The maximum Gasteiger partial charge on any atom is 0.435 e. The molecule has 0 amide bonds. The van der Waals surface area contributed by atoms with Crippen LogP contribution in [-0.4, -0.2) is 18.0 Å². The van der Waals surface area contributed by atoms with Gasteiger partial charge in [0.05, 0.1) is 0 Å². The minimum absolute atomic E-state index is 0.362. The Balaban J connectivity index is 5.21. The topological polar surface area (TPSA) is 0 Å². The Morgan fingerprint density at radius 2 is 1.08 bits per heavy atom. The summed E-state index contributed by atoms with van der Waals surface area (Å²) >= 11 is 0. The summed E-state index contributed by atoms with van der Waals surface area (Å²) in [7, 11) is 0. The molecule has 0 bridgehead atoms. The number of rotatable bonds is 1. The fourth-order valence-corrected chi connectivity index (χ4v) is 0.579. The standard InChI is InChI=1S/C6H5F7/c1-2-3-4(7,5(8,9)10)6(11,12)13/h2-3H,1H3. The summed E-state index contributed by atoms with van der Waals surface area (Å²) in [5.41, 5.74) is -5.26. The van der Waals surface area contributed by atoms with Crippen LogP contribution in [0.1, 0.15) is 6.92 Å². The molecule has 0 saturated carbocycles. The summed E-state index contributed by atoms with van der Waals surface area (Å²) in [5.74, 6) is 0. The van der Waals surface area contributed by atoms with Gasteiger partial charge in [0, 0.05) is 0 Å². The molecule has 0 aromatic heterocycles. The van der Waals surface area contributed by atoms with E-state index in [1.54, 1.807) is 0 Å². The van der Waals surface area contributed by atoms with Gasteiger partial charge >= 0.3 is 18.0 Å². The zero-order valence-electron chi connectivity index (χ0n) is 6.30. The predicted octanol–water partition coefficient (Wildman–Crippen LogP) is 3.40. The monoisotopic (exact) mass is 210 g/mol. The molecule has 0 aliphatic carbocycles. The summed E-state index contributed by atoms with van der Waals surface area (Å²) in [5, 5.41) is 0. The van der Waals surface area contributed by atoms with Gasteiger partial charge in [0.15, 0.2) is 0 Å². The first-order valence-corrected chi connectivity index (χ1v) is 3.02. The van der Waals surface area contributed by atoms with Crippen LogP contribution in [0.25, 0.3) is 0 Å². The van der Waals surface area contributed by atoms with Crippen LogP contribution in [-0.2, 0) is 0 Å². The van der Waals surface area contributed by atoms with Crippen molar-refractivity contribution >= 4 is 0 Å². The van der Waals surface area contributed by atoms with E-state index in [2.05, 4.69) is 0 Å². The van der Waals surface area contributed by atoms with Gasteiger partial charge in [0.1, 0.15) is 0 Å². The Kier molecular flexibility index (Phi) is 3.01. The van der Waals surface area contributed by atoms with Crippen molar-refractivity contribution in [3.05, 3.63) is 12.2 Å². The van der Waals surface area contributed by atoms with Crippen molar-refractivity contribution in [3.8, 4) is 0 Å². The summed E-state index contributed by atoms with van der Waals surface area (Å²) in [6.45, 7) is 0.867. The molecule has 0 fully saturated rings. The van der Waals surface area contributed by atoms with Crippen molar-refractivity contribution in [2.24, 2.45) is 0 Å². The van der Waals surface area contributed by atoms with Gasteiger partial charge in [-0.05, 0) is 13.0 Å². The lowest BCUT2D eigenvalue weighted by Crippen LogP contribution is -2.51. The van der Waals surface area contributed by atoms with Gasteiger partial charge in [-0.2, -0.15) is 26.3 Å². The second kappa shape index (κ2) is 3.19. The third-order valence-corrected chi connectivity index (χ3v) is 1.22. The van der Waals surface area contributed by atoms with E-state index in [1.165, 1.54) is 0 Å². The molecule has 0 nitrogen and oxygen atoms in total. The Labute approximate surface area is 69.0 Å². The Hall–Kier alpha value is -0.750. The highest BCUT2D eigenvalue weighted by molar-refractivity contribution is 5.10. The highest BCUT2D eigenvalue weighted by Gasteiger charge is 2.70. The Morgan fingerprint density at radius 1 is 0.769 bits per heavy atom. The average molecular weight is 210 g/mol. The third-order valence-electron chi connectivity index (χ3n) is 1.22. The lowest BCUT2D eigenvalue weighted by molar-refractivity contribution is -0.322. The van der Waals surface area contributed by atoms with E-state index in [1.807, 2.05) is 0 Å². The Bertz CT molecular complexity index is 182. The Morgan fingerprint density at radius 3 is 1.15 bits per heavy atom. The summed E-state index contributed by atoms with van der Waals surface area (Å²) in [6.07, 6.45) is -12.2. The number of hydrogen-bond acceptors (Lipinski definition) is 0. The predicted molar refractivity (Wildman–Crippen MR) is 30.8 cm³/mol. The maximum absolute atomic E-state index is 12.5. The minimum Gasteiger partial charge on any atom is -0.219 e. The summed E-state index contributed by atoms with van der Waals surface area (Å²) in [4.78, 5) is 0. The lowest BCUT2D eigenvalue weighted by Gasteiger charge is -2.26. The molecule has 0 aromatic carbocycles. The van der Waals surface area contributed by atoms with Crippen LogP contribution >= 0.6 is 0 Å². The molecule has 7 heteroatoms. The molecule has 0 aliphatic heterocycles. The zero-order valence-corrected chi connectivity index (χ0v) is 6.30. The second-order valence-corrected chi connectivity index (χ2v) is 2.21. The summed E-state index contributed by atoms with van der Waals surface area (Å²) < 4.78 is 82.3. The van der Waals surface area contributed by atoms with Crippen LogP contribution in [0, 0.1) is 0 Å². The number of alkyl halides is 7. The van der Waals surface area contributed by atoms with Crippen LogP contribution in [0.2, 0.25) is 0 Å². The molecule has 0 rings (SSSR count). The first kappa shape index (κ1) is 12.2. The van der Waals surface area contributed by atoms with Crippen LogP contribution in [0.3, 0.4) is 0 Å². The fraction of sp³-hybridized carbons (Fsp3) is 0.667. The quantitative estimate of drug-likeness (QED) is 0.459. The van der Waals surface area contributed by atoms with Crippen molar-refractivity contribution in [2.75, 3.05) is 0 Å². The zero-order chi connectivity index (χ0) is 10.9. The lowest BCUT2D eigenvalue weighted by atomic mass is 10.1. The van der Waals surface area contributed by atoms with Crippen LogP contribution in [0.15, 0.2) is 12.2 Å².